The largest absolute Gasteiger partial charge is 0.364 e. The number of hydrogen-bond donors (Lipinski definition) is 1. The molecule has 1 aliphatic rings. The van der Waals surface area contributed by atoms with Crippen LogP contribution in [0.3, 0.4) is 0 Å². The molecule has 4 nitrogen and oxygen atoms in total. The summed E-state index contributed by atoms with van der Waals surface area (Å²) < 4.78 is 4.82. The number of nitrogens with zero attached hydrogens (tertiary/aromatic N) is 1. The minimum atomic E-state index is -0.00782. The second-order valence-electron chi connectivity index (χ2n) is 3.95. The van der Waals surface area contributed by atoms with E-state index in [2.05, 4.69) is 19.2 Å². The second-order valence-corrected chi connectivity index (χ2v) is 3.95. The monoisotopic (exact) mass is 200 g/mol. The standard InChI is InChI=1S/C10H20N2O2/c1-8-5-4-6-9(2)12(8)10(13)11-7-14-3/h8-9H,4-7H2,1-3H3,(H,11,13). The summed E-state index contributed by atoms with van der Waals surface area (Å²) in [6.07, 6.45) is 3.42. The average Bonchev–Trinajstić information content (AvgIpc) is 2.14. The quantitative estimate of drug-likeness (QED) is 0.687. The van der Waals surface area contributed by atoms with E-state index >= 15 is 0 Å². The van der Waals surface area contributed by atoms with Crippen LogP contribution in [0.4, 0.5) is 4.79 Å². The predicted octanol–water partition coefficient (Wildman–Crippen LogP) is 1.56. The minimum absolute atomic E-state index is 0.00782. The fourth-order valence-electron chi connectivity index (χ4n) is 2.05. The molecule has 0 spiro atoms. The zero-order valence-corrected chi connectivity index (χ0v) is 9.25. The Bertz CT molecular complexity index is 187. The van der Waals surface area contributed by atoms with Gasteiger partial charge in [-0.1, -0.05) is 0 Å². The predicted molar refractivity (Wildman–Crippen MR) is 55.0 cm³/mol. The number of methoxy groups -OCH3 is 1. The molecule has 2 atom stereocenters. The van der Waals surface area contributed by atoms with Gasteiger partial charge in [0, 0.05) is 19.2 Å². The molecule has 1 N–H and O–H groups in total. The molecule has 14 heavy (non-hydrogen) atoms. The van der Waals surface area contributed by atoms with Gasteiger partial charge >= 0.3 is 6.03 Å². The molecule has 2 unspecified atom stereocenters. The molecule has 0 saturated carbocycles. The number of likely N-dealkylation sites (tertiary alicyclic amines) is 1. The van der Waals surface area contributed by atoms with Gasteiger partial charge in [-0.2, -0.15) is 0 Å². The van der Waals surface area contributed by atoms with E-state index in [9.17, 15) is 4.79 Å². The number of hydrogen-bond acceptors (Lipinski definition) is 2. The van der Waals surface area contributed by atoms with E-state index in [1.807, 2.05) is 4.90 Å². The summed E-state index contributed by atoms with van der Waals surface area (Å²) in [7, 11) is 1.57. The number of carbonyl (C=O) groups is 1. The summed E-state index contributed by atoms with van der Waals surface area (Å²) >= 11 is 0. The van der Waals surface area contributed by atoms with Gasteiger partial charge in [0.25, 0.3) is 0 Å². The number of amides is 2. The van der Waals surface area contributed by atoms with E-state index in [0.717, 1.165) is 12.8 Å². The van der Waals surface area contributed by atoms with Crippen molar-refractivity contribution >= 4 is 6.03 Å². The van der Waals surface area contributed by atoms with Crippen LogP contribution in [0, 0.1) is 0 Å². The van der Waals surface area contributed by atoms with Crippen LogP contribution >= 0.6 is 0 Å². The molecular formula is C10H20N2O2. The van der Waals surface area contributed by atoms with Crippen molar-refractivity contribution in [3.63, 3.8) is 0 Å². The van der Waals surface area contributed by atoms with Gasteiger partial charge in [0.2, 0.25) is 0 Å². The Kier molecular flexibility index (Phi) is 4.20. The highest BCUT2D eigenvalue weighted by Crippen LogP contribution is 2.22. The molecule has 0 radical (unpaired) electrons. The lowest BCUT2D eigenvalue weighted by Gasteiger charge is -2.38. The minimum Gasteiger partial charge on any atom is -0.364 e. The molecule has 0 aromatic carbocycles. The molecule has 0 bridgehead atoms. The van der Waals surface area contributed by atoms with Gasteiger partial charge in [-0.15, -0.1) is 0 Å². The molecule has 2 amide bonds. The van der Waals surface area contributed by atoms with Crippen molar-refractivity contribution in [2.45, 2.75) is 45.2 Å². The van der Waals surface area contributed by atoms with Gasteiger partial charge in [0.05, 0.1) is 0 Å². The highest BCUT2D eigenvalue weighted by molar-refractivity contribution is 5.74. The van der Waals surface area contributed by atoms with Crippen LogP contribution in [0.15, 0.2) is 0 Å². The Morgan fingerprint density at radius 1 is 1.43 bits per heavy atom. The lowest BCUT2D eigenvalue weighted by molar-refractivity contribution is 0.107. The molecule has 0 aromatic heterocycles. The van der Waals surface area contributed by atoms with Crippen molar-refractivity contribution < 1.29 is 9.53 Å². The fourth-order valence-corrected chi connectivity index (χ4v) is 2.05. The number of ether oxygens (including phenoxy) is 1. The van der Waals surface area contributed by atoms with E-state index in [1.165, 1.54) is 6.42 Å². The number of carbonyl (C=O) groups excluding carboxylic acids is 1. The van der Waals surface area contributed by atoms with Gasteiger partial charge in [-0.05, 0) is 33.1 Å². The van der Waals surface area contributed by atoms with E-state index in [1.54, 1.807) is 7.11 Å². The zero-order valence-electron chi connectivity index (χ0n) is 9.25. The molecule has 1 rings (SSSR count). The van der Waals surface area contributed by atoms with Crippen molar-refractivity contribution in [2.24, 2.45) is 0 Å². The van der Waals surface area contributed by atoms with E-state index in [4.69, 9.17) is 4.74 Å². The van der Waals surface area contributed by atoms with Gasteiger partial charge in [0.1, 0.15) is 6.73 Å². The summed E-state index contributed by atoms with van der Waals surface area (Å²) in [6, 6.07) is 0.678. The van der Waals surface area contributed by atoms with Crippen LogP contribution in [0.25, 0.3) is 0 Å². The first-order valence-corrected chi connectivity index (χ1v) is 5.22. The maximum absolute atomic E-state index is 11.7. The fraction of sp³-hybridized carbons (Fsp3) is 0.900. The maximum Gasteiger partial charge on any atom is 0.319 e. The second kappa shape index (κ2) is 5.20. The van der Waals surface area contributed by atoms with E-state index in [0.29, 0.717) is 12.1 Å². The Hall–Kier alpha value is -0.770. The number of urea groups is 1. The Labute approximate surface area is 85.6 Å². The van der Waals surface area contributed by atoms with Gasteiger partial charge in [0.15, 0.2) is 0 Å². The molecule has 1 fully saturated rings. The molecular weight excluding hydrogens is 180 g/mol. The van der Waals surface area contributed by atoms with Crippen molar-refractivity contribution in [2.75, 3.05) is 13.8 Å². The van der Waals surface area contributed by atoms with Gasteiger partial charge in [-0.3, -0.25) is 0 Å². The Balaban J connectivity index is 2.49. The van der Waals surface area contributed by atoms with Crippen LogP contribution in [0.2, 0.25) is 0 Å². The van der Waals surface area contributed by atoms with Crippen LogP contribution in [0.5, 0.6) is 0 Å². The van der Waals surface area contributed by atoms with Crippen molar-refractivity contribution in [3.8, 4) is 0 Å². The van der Waals surface area contributed by atoms with Crippen LogP contribution in [-0.2, 0) is 4.74 Å². The number of nitrogens with one attached hydrogen (secondary N) is 1. The van der Waals surface area contributed by atoms with Crippen LogP contribution in [-0.4, -0.2) is 36.9 Å². The normalized spacial score (nSPS) is 27.5. The SMILES string of the molecule is COCNC(=O)N1C(C)CCCC1C. The highest BCUT2D eigenvalue weighted by Gasteiger charge is 2.28. The molecule has 0 aliphatic carbocycles. The molecule has 1 aliphatic heterocycles. The highest BCUT2D eigenvalue weighted by atomic mass is 16.5. The summed E-state index contributed by atoms with van der Waals surface area (Å²) in [5.41, 5.74) is 0. The third-order valence-electron chi connectivity index (χ3n) is 2.80. The van der Waals surface area contributed by atoms with Crippen LogP contribution in [0.1, 0.15) is 33.1 Å². The van der Waals surface area contributed by atoms with E-state index in [-0.39, 0.29) is 12.8 Å². The van der Waals surface area contributed by atoms with Gasteiger partial charge in [-0.25, -0.2) is 4.79 Å². The number of piperidine rings is 1. The average molecular weight is 200 g/mol. The Morgan fingerprint density at radius 3 is 2.50 bits per heavy atom. The van der Waals surface area contributed by atoms with Gasteiger partial charge < -0.3 is 15.0 Å². The molecule has 1 saturated heterocycles. The molecule has 1 heterocycles. The number of rotatable bonds is 2. The third kappa shape index (κ3) is 2.61. The van der Waals surface area contributed by atoms with E-state index < -0.39 is 0 Å². The topological polar surface area (TPSA) is 41.6 Å². The first kappa shape index (κ1) is 11.3. The summed E-state index contributed by atoms with van der Waals surface area (Å²) in [5, 5.41) is 2.73. The van der Waals surface area contributed by atoms with Crippen molar-refractivity contribution in [1.82, 2.24) is 10.2 Å². The lowest BCUT2D eigenvalue weighted by Crippen LogP contribution is -2.52. The zero-order chi connectivity index (χ0) is 10.6. The Morgan fingerprint density at radius 2 is 2.00 bits per heavy atom. The van der Waals surface area contributed by atoms with Crippen molar-refractivity contribution in [3.05, 3.63) is 0 Å². The molecule has 82 valence electrons. The lowest BCUT2D eigenvalue weighted by atomic mass is 9.98. The van der Waals surface area contributed by atoms with Crippen molar-refractivity contribution in [1.29, 1.82) is 0 Å². The maximum atomic E-state index is 11.7. The van der Waals surface area contributed by atoms with Crippen LogP contribution < -0.4 is 5.32 Å². The summed E-state index contributed by atoms with van der Waals surface area (Å²) in [6.45, 7) is 4.48. The first-order chi connectivity index (χ1) is 6.66. The third-order valence-corrected chi connectivity index (χ3v) is 2.80. The first-order valence-electron chi connectivity index (χ1n) is 5.22. The summed E-state index contributed by atoms with van der Waals surface area (Å²) in [5.74, 6) is 0. The molecule has 4 heteroatoms. The smallest absolute Gasteiger partial charge is 0.319 e. The molecule has 0 aromatic rings. The summed E-state index contributed by atoms with van der Waals surface area (Å²) in [4.78, 5) is 13.6.